The maximum absolute atomic E-state index is 15.2. The molecule has 0 fully saturated rings. The summed E-state index contributed by atoms with van der Waals surface area (Å²) in [6, 6.07) is 33.7. The Balaban J connectivity index is 1.82. The zero-order chi connectivity index (χ0) is 23.3. The van der Waals surface area contributed by atoms with E-state index in [4.69, 9.17) is 0 Å². The molecule has 164 valence electrons. The van der Waals surface area contributed by atoms with E-state index in [2.05, 4.69) is 18.2 Å². The van der Waals surface area contributed by atoms with Gasteiger partial charge in [0.25, 0.3) is 0 Å². The van der Waals surface area contributed by atoms with Crippen molar-refractivity contribution < 1.29 is 13.3 Å². The average molecular weight is 464 g/mol. The molecule has 0 amide bonds. The van der Waals surface area contributed by atoms with E-state index >= 15 is 4.57 Å². The van der Waals surface area contributed by atoms with Crippen LogP contribution in [0.25, 0.3) is 32.3 Å². The maximum Gasteiger partial charge on any atom is 0.171 e. The van der Waals surface area contributed by atoms with Crippen LogP contribution in [0.3, 0.4) is 0 Å². The third-order valence-corrected chi connectivity index (χ3v) is 9.57. The highest BCUT2D eigenvalue weighted by Gasteiger charge is 2.32. The second kappa shape index (κ2) is 7.90. The molecule has 0 heterocycles. The van der Waals surface area contributed by atoms with Crippen molar-refractivity contribution >= 4 is 55.4 Å². The van der Waals surface area contributed by atoms with Crippen molar-refractivity contribution in [3.63, 3.8) is 0 Å². The number of benzene rings is 6. The molecule has 0 spiro atoms. The number of rotatable bonds is 3. The zero-order valence-electron chi connectivity index (χ0n) is 18.1. The van der Waals surface area contributed by atoms with Crippen molar-refractivity contribution in [2.45, 2.75) is 0 Å². The van der Waals surface area contributed by atoms with E-state index in [1.54, 1.807) is 24.3 Å². The second-order valence-corrected chi connectivity index (χ2v) is 11.1. The van der Waals surface area contributed by atoms with E-state index in [-0.39, 0.29) is 0 Å². The summed E-state index contributed by atoms with van der Waals surface area (Å²) in [5, 5.41) is 7.83. The van der Waals surface area contributed by atoms with Gasteiger partial charge in [-0.2, -0.15) is 0 Å². The molecule has 4 heteroatoms. The van der Waals surface area contributed by atoms with E-state index in [1.165, 1.54) is 24.3 Å². The molecule has 0 aromatic heterocycles. The van der Waals surface area contributed by atoms with E-state index < -0.39 is 18.8 Å². The monoisotopic (exact) mass is 464 g/mol. The van der Waals surface area contributed by atoms with Gasteiger partial charge in [0.1, 0.15) is 11.6 Å². The van der Waals surface area contributed by atoms with Crippen LogP contribution < -0.4 is 15.9 Å². The number of fused-ring (bicyclic) bond motifs is 6. The molecule has 0 aliphatic rings. The molecular formula is C30H19F2OP. The van der Waals surface area contributed by atoms with Crippen LogP contribution in [0, 0.1) is 11.6 Å². The van der Waals surface area contributed by atoms with Crippen LogP contribution in [-0.4, -0.2) is 0 Å². The number of hydrogen-bond donors (Lipinski definition) is 0. The summed E-state index contributed by atoms with van der Waals surface area (Å²) in [6.07, 6.45) is 0. The largest absolute Gasteiger partial charge is 0.309 e. The summed E-state index contributed by atoms with van der Waals surface area (Å²) in [6.45, 7) is 0. The number of hydrogen-bond acceptors (Lipinski definition) is 1. The highest BCUT2D eigenvalue weighted by Crippen LogP contribution is 2.47. The molecule has 0 radical (unpaired) electrons. The molecule has 6 aromatic carbocycles. The van der Waals surface area contributed by atoms with Crippen molar-refractivity contribution in [3.8, 4) is 0 Å². The molecule has 6 aromatic rings. The normalized spacial score (nSPS) is 11.9. The Bertz CT molecular complexity index is 1640. The van der Waals surface area contributed by atoms with Crippen molar-refractivity contribution in [2.24, 2.45) is 0 Å². The Labute approximate surface area is 195 Å². The van der Waals surface area contributed by atoms with Crippen LogP contribution in [0.15, 0.2) is 115 Å². The Hall–Kier alpha value is -3.81. The zero-order valence-corrected chi connectivity index (χ0v) is 19.0. The average Bonchev–Trinajstić information content (AvgIpc) is 2.89. The van der Waals surface area contributed by atoms with Gasteiger partial charge in [-0.15, -0.1) is 0 Å². The predicted octanol–water partition coefficient (Wildman–Crippen LogP) is 7.06. The van der Waals surface area contributed by atoms with Crippen molar-refractivity contribution in [1.29, 1.82) is 0 Å². The molecule has 0 unspecified atom stereocenters. The first-order valence-electron chi connectivity index (χ1n) is 11.0. The lowest BCUT2D eigenvalue weighted by atomic mass is 9.94. The quantitative estimate of drug-likeness (QED) is 0.202. The minimum absolute atomic E-state index is 0.399. The lowest BCUT2D eigenvalue weighted by Crippen LogP contribution is -2.26. The minimum Gasteiger partial charge on any atom is -0.309 e. The fourth-order valence-electron chi connectivity index (χ4n) is 4.93. The molecule has 6 rings (SSSR count). The molecule has 0 aliphatic heterocycles. The number of halogens is 2. The summed E-state index contributed by atoms with van der Waals surface area (Å²) in [5.41, 5.74) is 0. The topological polar surface area (TPSA) is 17.1 Å². The van der Waals surface area contributed by atoms with E-state index in [0.717, 1.165) is 32.3 Å². The summed E-state index contributed by atoms with van der Waals surface area (Å²) < 4.78 is 42.8. The van der Waals surface area contributed by atoms with Gasteiger partial charge in [0.2, 0.25) is 0 Å². The van der Waals surface area contributed by atoms with Gasteiger partial charge in [0.15, 0.2) is 7.14 Å². The lowest BCUT2D eigenvalue weighted by Gasteiger charge is -2.23. The third-order valence-electron chi connectivity index (χ3n) is 6.47. The molecule has 1 nitrogen and oxygen atoms in total. The molecule has 0 N–H and O–H groups in total. The summed E-state index contributed by atoms with van der Waals surface area (Å²) in [5.74, 6) is -0.799. The first kappa shape index (κ1) is 20.8. The molecule has 0 atom stereocenters. The summed E-state index contributed by atoms with van der Waals surface area (Å²) in [4.78, 5) is 0. The van der Waals surface area contributed by atoms with Crippen LogP contribution >= 0.6 is 7.14 Å². The Kier molecular flexibility index (Phi) is 4.83. The predicted molar refractivity (Wildman–Crippen MR) is 138 cm³/mol. The molecule has 0 bridgehead atoms. The first-order chi connectivity index (χ1) is 16.6. The van der Waals surface area contributed by atoms with Gasteiger partial charge in [-0.25, -0.2) is 8.78 Å². The minimum atomic E-state index is -3.48. The van der Waals surface area contributed by atoms with Gasteiger partial charge < -0.3 is 4.57 Å². The molecular weight excluding hydrogens is 445 g/mol. The summed E-state index contributed by atoms with van der Waals surface area (Å²) in [7, 11) is -3.48. The van der Waals surface area contributed by atoms with Crippen LogP contribution in [0.5, 0.6) is 0 Å². The van der Waals surface area contributed by atoms with Crippen LogP contribution in [-0.2, 0) is 4.57 Å². The summed E-state index contributed by atoms with van der Waals surface area (Å²) >= 11 is 0. The fraction of sp³-hybridized carbons (Fsp3) is 0. The Morgan fingerprint density at radius 1 is 0.441 bits per heavy atom. The Morgan fingerprint density at radius 2 is 0.824 bits per heavy atom. The van der Waals surface area contributed by atoms with Crippen LogP contribution in [0.2, 0.25) is 0 Å². The fourth-order valence-corrected chi connectivity index (χ4v) is 7.77. The smallest absolute Gasteiger partial charge is 0.171 e. The standard InChI is InChI=1S/C30H19F2OP/c31-20-12-16-22(17-13-20)34(33,23-18-14-21(32)15-19-23)29-11-5-10-28-26-7-2-1-6-24(26)25-8-3-4-9-27(25)30(28)29/h1-19H. The Morgan fingerprint density at radius 3 is 1.29 bits per heavy atom. The highest BCUT2D eigenvalue weighted by atomic mass is 31.2. The van der Waals surface area contributed by atoms with Gasteiger partial charge in [-0.1, -0.05) is 66.7 Å². The molecule has 0 aliphatic carbocycles. The highest BCUT2D eigenvalue weighted by molar-refractivity contribution is 7.85. The first-order valence-corrected chi connectivity index (χ1v) is 12.7. The van der Waals surface area contributed by atoms with Gasteiger partial charge in [-0.05, 0) is 75.5 Å². The van der Waals surface area contributed by atoms with E-state index in [1.807, 2.05) is 48.5 Å². The third kappa shape index (κ3) is 3.09. The van der Waals surface area contributed by atoms with E-state index in [9.17, 15) is 8.78 Å². The van der Waals surface area contributed by atoms with E-state index in [0.29, 0.717) is 15.9 Å². The van der Waals surface area contributed by atoms with Gasteiger partial charge in [0.05, 0.1) is 0 Å². The van der Waals surface area contributed by atoms with Crippen molar-refractivity contribution in [3.05, 3.63) is 127 Å². The lowest BCUT2D eigenvalue weighted by molar-refractivity contribution is 0.592. The molecule has 34 heavy (non-hydrogen) atoms. The second-order valence-electron chi connectivity index (χ2n) is 8.35. The van der Waals surface area contributed by atoms with Crippen molar-refractivity contribution in [1.82, 2.24) is 0 Å². The molecule has 0 saturated carbocycles. The molecule has 0 saturated heterocycles. The van der Waals surface area contributed by atoms with Crippen LogP contribution in [0.4, 0.5) is 8.78 Å². The maximum atomic E-state index is 15.2. The van der Waals surface area contributed by atoms with Gasteiger partial charge >= 0.3 is 0 Å². The van der Waals surface area contributed by atoms with Gasteiger partial charge in [0, 0.05) is 21.3 Å². The van der Waals surface area contributed by atoms with Crippen molar-refractivity contribution in [2.75, 3.05) is 0 Å². The SMILES string of the molecule is O=P(c1ccc(F)cc1)(c1ccc(F)cc1)c1cccc2c3ccccc3c3ccccc3c12. The van der Waals surface area contributed by atoms with Crippen LogP contribution in [0.1, 0.15) is 0 Å². The van der Waals surface area contributed by atoms with Gasteiger partial charge in [-0.3, -0.25) is 0 Å².